The molecule has 0 radical (unpaired) electrons. The van der Waals surface area contributed by atoms with E-state index in [0.717, 1.165) is 5.56 Å². The van der Waals surface area contributed by atoms with E-state index < -0.39 is 0 Å². The van der Waals surface area contributed by atoms with Crippen molar-refractivity contribution in [3.63, 3.8) is 0 Å². The van der Waals surface area contributed by atoms with Gasteiger partial charge in [-0.05, 0) is 38.8 Å². The summed E-state index contributed by atoms with van der Waals surface area (Å²) in [6.07, 6.45) is 3.04. The summed E-state index contributed by atoms with van der Waals surface area (Å²) in [7, 11) is 1.62. The second-order valence-electron chi connectivity index (χ2n) is 7.52. The van der Waals surface area contributed by atoms with Crippen LogP contribution in [-0.2, 0) is 20.9 Å². The minimum Gasteiger partial charge on any atom is -0.496 e. The van der Waals surface area contributed by atoms with Gasteiger partial charge in [0, 0.05) is 19.6 Å². The minimum atomic E-state index is -0.340. The zero-order valence-corrected chi connectivity index (χ0v) is 19.6. The van der Waals surface area contributed by atoms with Crippen LogP contribution >= 0.6 is 11.8 Å². The van der Waals surface area contributed by atoms with E-state index in [1.165, 1.54) is 11.8 Å². The number of likely N-dealkylation sites (tertiary alicyclic amines) is 1. The summed E-state index contributed by atoms with van der Waals surface area (Å²) >= 11 is 1.37. The predicted molar refractivity (Wildman–Crippen MR) is 123 cm³/mol. The molecule has 1 unspecified atom stereocenters. The first-order valence-electron chi connectivity index (χ1n) is 10.8. The Balaban J connectivity index is 1.70. The molecule has 2 heterocycles. The topological polar surface area (TPSA) is 86.6 Å². The number of hydrogen-bond donors (Lipinski definition) is 0. The monoisotopic (exact) mass is 458 g/mol. The van der Waals surface area contributed by atoms with Crippen LogP contribution in [0.1, 0.15) is 26.7 Å². The molecule has 1 fully saturated rings. The number of nitrogens with zero attached hydrogens (tertiary/aromatic N) is 4. The van der Waals surface area contributed by atoms with Crippen molar-refractivity contribution in [1.82, 2.24) is 19.7 Å². The highest BCUT2D eigenvalue weighted by Gasteiger charge is 2.31. The molecule has 9 heteroatoms. The first-order chi connectivity index (χ1) is 15.5. The minimum absolute atomic E-state index is 0.0318. The molecule has 1 atom stereocenters. The lowest BCUT2D eigenvalue weighted by Crippen LogP contribution is -2.43. The van der Waals surface area contributed by atoms with Crippen molar-refractivity contribution in [2.75, 3.05) is 26.8 Å². The number of rotatable bonds is 9. The van der Waals surface area contributed by atoms with Crippen LogP contribution in [0.2, 0.25) is 0 Å². The molecule has 3 rings (SSSR count). The summed E-state index contributed by atoms with van der Waals surface area (Å²) < 4.78 is 12.5. The van der Waals surface area contributed by atoms with E-state index >= 15 is 0 Å². The summed E-state index contributed by atoms with van der Waals surface area (Å²) in [4.78, 5) is 26.8. The largest absolute Gasteiger partial charge is 0.496 e. The molecule has 1 amide bonds. The maximum Gasteiger partial charge on any atom is 0.309 e. The molecule has 8 nitrogen and oxygen atoms in total. The normalized spacial score (nSPS) is 15.3. The van der Waals surface area contributed by atoms with Crippen molar-refractivity contribution in [2.45, 2.75) is 43.6 Å². The number of methoxy groups -OCH3 is 1. The number of esters is 1. The van der Waals surface area contributed by atoms with Gasteiger partial charge in [-0.1, -0.05) is 30.0 Å². The molecule has 0 saturated carbocycles. The SMILES string of the molecule is C=CCn1c(SC(C)C(=O)N2CCC(C(=O)OCC)CC2)nnc1-c1ccccc1OC. The molecule has 1 aromatic carbocycles. The molecule has 1 aromatic heterocycles. The third-order valence-electron chi connectivity index (χ3n) is 5.43. The molecule has 1 saturated heterocycles. The van der Waals surface area contributed by atoms with Gasteiger partial charge in [0.25, 0.3) is 0 Å². The van der Waals surface area contributed by atoms with Crippen molar-refractivity contribution < 1.29 is 19.1 Å². The van der Waals surface area contributed by atoms with Gasteiger partial charge >= 0.3 is 5.97 Å². The molecule has 0 N–H and O–H groups in total. The molecule has 0 bridgehead atoms. The lowest BCUT2D eigenvalue weighted by molar-refractivity contribution is -0.151. The summed E-state index contributed by atoms with van der Waals surface area (Å²) in [5.74, 6) is 1.11. The summed E-state index contributed by atoms with van der Waals surface area (Å²) in [6, 6.07) is 7.63. The number of hydrogen-bond acceptors (Lipinski definition) is 7. The highest BCUT2D eigenvalue weighted by atomic mass is 32.2. The van der Waals surface area contributed by atoms with E-state index in [1.807, 2.05) is 40.7 Å². The highest BCUT2D eigenvalue weighted by Crippen LogP contribution is 2.32. The van der Waals surface area contributed by atoms with Crippen LogP contribution < -0.4 is 4.74 Å². The number of carbonyl (C=O) groups excluding carboxylic acids is 2. The van der Waals surface area contributed by atoms with E-state index in [9.17, 15) is 9.59 Å². The molecule has 0 aliphatic carbocycles. The molecule has 1 aliphatic rings. The summed E-state index contributed by atoms with van der Waals surface area (Å²) in [5, 5.41) is 9.03. The van der Waals surface area contributed by atoms with Crippen LogP contribution in [-0.4, -0.2) is 63.6 Å². The maximum absolute atomic E-state index is 13.0. The smallest absolute Gasteiger partial charge is 0.309 e. The zero-order valence-electron chi connectivity index (χ0n) is 18.8. The fourth-order valence-electron chi connectivity index (χ4n) is 3.76. The average molecular weight is 459 g/mol. The quantitative estimate of drug-likeness (QED) is 0.323. The molecule has 172 valence electrons. The number of para-hydroxylation sites is 1. The van der Waals surface area contributed by atoms with E-state index in [-0.39, 0.29) is 23.0 Å². The Morgan fingerprint density at radius 3 is 2.66 bits per heavy atom. The fraction of sp³-hybridized carbons (Fsp3) is 0.478. The number of allylic oxidation sites excluding steroid dienone is 1. The molecule has 2 aromatic rings. The molecule has 0 spiro atoms. The molecular weight excluding hydrogens is 428 g/mol. The van der Waals surface area contributed by atoms with E-state index in [0.29, 0.717) is 55.8 Å². The second kappa shape index (κ2) is 11.2. The van der Waals surface area contributed by atoms with Gasteiger partial charge in [-0.25, -0.2) is 0 Å². The van der Waals surface area contributed by atoms with Crippen LogP contribution in [0.5, 0.6) is 5.75 Å². The highest BCUT2D eigenvalue weighted by molar-refractivity contribution is 8.00. The van der Waals surface area contributed by atoms with Crippen molar-refractivity contribution in [1.29, 1.82) is 0 Å². The Labute approximate surface area is 193 Å². The number of ether oxygens (including phenoxy) is 2. The number of carbonyl (C=O) groups is 2. The van der Waals surface area contributed by atoms with Crippen LogP contribution in [0.3, 0.4) is 0 Å². The standard InChI is InChI=1S/C23H30N4O4S/c1-5-13-27-20(18-9-7-8-10-19(18)30-4)24-25-23(27)32-16(3)21(28)26-14-11-17(12-15-26)22(29)31-6-2/h5,7-10,16-17H,1,6,11-15H2,2-4H3. The van der Waals surface area contributed by atoms with Crippen LogP contribution in [0.4, 0.5) is 0 Å². The number of piperidine rings is 1. The Morgan fingerprint density at radius 1 is 1.28 bits per heavy atom. The van der Waals surface area contributed by atoms with Crippen LogP contribution in [0.15, 0.2) is 42.1 Å². The summed E-state index contributed by atoms with van der Waals surface area (Å²) in [5.41, 5.74) is 0.830. The Kier molecular flexibility index (Phi) is 8.33. The maximum atomic E-state index is 13.0. The number of amides is 1. The van der Waals surface area contributed by atoms with Gasteiger partial charge in [-0.2, -0.15) is 0 Å². The van der Waals surface area contributed by atoms with E-state index in [1.54, 1.807) is 20.1 Å². The van der Waals surface area contributed by atoms with Gasteiger partial charge < -0.3 is 14.4 Å². The van der Waals surface area contributed by atoms with Crippen LogP contribution in [0, 0.1) is 5.92 Å². The van der Waals surface area contributed by atoms with Gasteiger partial charge in [0.2, 0.25) is 5.91 Å². The van der Waals surface area contributed by atoms with Crippen molar-refractivity contribution in [3.05, 3.63) is 36.9 Å². The van der Waals surface area contributed by atoms with Gasteiger partial charge in [-0.3, -0.25) is 14.2 Å². The lowest BCUT2D eigenvalue weighted by atomic mass is 9.97. The number of thioether (sulfide) groups is 1. The van der Waals surface area contributed by atoms with Gasteiger partial charge in [0.15, 0.2) is 11.0 Å². The average Bonchev–Trinajstić information content (AvgIpc) is 3.20. The zero-order chi connectivity index (χ0) is 23.1. The summed E-state index contributed by atoms with van der Waals surface area (Å²) in [6.45, 7) is 9.53. The fourth-order valence-corrected chi connectivity index (χ4v) is 4.70. The lowest BCUT2D eigenvalue weighted by Gasteiger charge is -2.32. The predicted octanol–water partition coefficient (Wildman–Crippen LogP) is 3.42. The third kappa shape index (κ3) is 5.32. The van der Waals surface area contributed by atoms with Crippen molar-refractivity contribution >= 4 is 23.6 Å². The Bertz CT molecular complexity index is 953. The van der Waals surface area contributed by atoms with Crippen LogP contribution in [0.25, 0.3) is 11.4 Å². The Morgan fingerprint density at radius 2 is 2.00 bits per heavy atom. The number of benzene rings is 1. The second-order valence-corrected chi connectivity index (χ2v) is 8.83. The van der Waals surface area contributed by atoms with Gasteiger partial charge in [0.05, 0.1) is 30.4 Å². The number of aromatic nitrogens is 3. The molecular formula is C23H30N4O4S. The van der Waals surface area contributed by atoms with Gasteiger partial charge in [0.1, 0.15) is 5.75 Å². The van der Waals surface area contributed by atoms with Crippen molar-refractivity contribution in [2.24, 2.45) is 5.92 Å². The molecule has 1 aliphatic heterocycles. The third-order valence-corrected chi connectivity index (χ3v) is 6.50. The van der Waals surface area contributed by atoms with Crippen molar-refractivity contribution in [3.8, 4) is 17.1 Å². The molecule has 32 heavy (non-hydrogen) atoms. The Hall–Kier alpha value is -2.81. The van der Waals surface area contributed by atoms with E-state index in [4.69, 9.17) is 9.47 Å². The van der Waals surface area contributed by atoms with E-state index in [2.05, 4.69) is 16.8 Å². The first kappa shape index (κ1) is 23.8. The van der Waals surface area contributed by atoms with Gasteiger partial charge in [-0.15, -0.1) is 16.8 Å². The first-order valence-corrected chi connectivity index (χ1v) is 11.7.